The smallest absolute Gasteiger partial charge is 0.0831 e. The molecule has 10 heavy (non-hydrogen) atoms. The Balaban J connectivity index is 3.39. The minimum absolute atomic E-state index is 0.0151. The monoisotopic (exact) mass is 148 g/mol. The number of aliphatic hydroxyl groups excluding tert-OH is 2. The molecule has 3 heteroatoms. The van der Waals surface area contributed by atoms with Crippen LogP contribution in [0.25, 0.3) is 0 Å². The molecule has 0 rings (SSSR count). The maximum Gasteiger partial charge on any atom is 0.0831 e. The van der Waals surface area contributed by atoms with Crippen LogP contribution >= 0.6 is 0 Å². The topological polar surface area (TPSA) is 49.7 Å². The van der Waals surface area contributed by atoms with E-state index in [1.165, 1.54) is 0 Å². The van der Waals surface area contributed by atoms with Gasteiger partial charge in [-0.3, -0.25) is 0 Å². The van der Waals surface area contributed by atoms with Crippen LogP contribution in [0, 0.1) is 0 Å². The fourth-order valence-electron chi connectivity index (χ4n) is 0.731. The molecule has 0 amide bonds. The number of ether oxygens (including phenoxy) is 1. The summed E-state index contributed by atoms with van der Waals surface area (Å²) in [4.78, 5) is 0. The minimum Gasteiger partial charge on any atom is -0.396 e. The van der Waals surface area contributed by atoms with Gasteiger partial charge >= 0.3 is 0 Å². The molecule has 62 valence electrons. The maximum absolute atomic E-state index is 8.67. The molecular formula is C7H16O3. The summed E-state index contributed by atoms with van der Waals surface area (Å²) < 4.78 is 5.23. The molecule has 0 heterocycles. The third kappa shape index (κ3) is 4.73. The second-order valence-corrected chi connectivity index (χ2v) is 2.50. The van der Waals surface area contributed by atoms with E-state index in [1.807, 2.05) is 13.8 Å². The quantitative estimate of drug-likeness (QED) is 0.583. The van der Waals surface area contributed by atoms with Gasteiger partial charge in [0.15, 0.2) is 0 Å². The molecule has 0 saturated heterocycles. The van der Waals surface area contributed by atoms with Crippen molar-refractivity contribution in [1.82, 2.24) is 0 Å². The third-order valence-electron chi connectivity index (χ3n) is 1.12. The molecule has 0 spiro atoms. The lowest BCUT2D eigenvalue weighted by molar-refractivity contribution is -0.0337. The fourth-order valence-corrected chi connectivity index (χ4v) is 0.731. The molecule has 0 aliphatic heterocycles. The summed E-state index contributed by atoms with van der Waals surface area (Å²) in [5.74, 6) is 0. The first-order valence-electron chi connectivity index (χ1n) is 3.58. The van der Waals surface area contributed by atoms with Gasteiger partial charge in [-0.1, -0.05) is 0 Å². The molecule has 3 nitrogen and oxygen atoms in total. The Morgan fingerprint density at radius 2 is 1.90 bits per heavy atom. The summed E-state index contributed by atoms with van der Waals surface area (Å²) in [6.45, 7) is 3.86. The van der Waals surface area contributed by atoms with Gasteiger partial charge in [0.1, 0.15) is 0 Å². The molecule has 0 aromatic rings. The lowest BCUT2D eigenvalue weighted by atomic mass is 10.3. The average Bonchev–Trinajstić information content (AvgIpc) is 1.86. The van der Waals surface area contributed by atoms with E-state index in [9.17, 15) is 0 Å². The van der Waals surface area contributed by atoms with Crippen LogP contribution in [0.4, 0.5) is 0 Å². The van der Waals surface area contributed by atoms with Gasteiger partial charge in [-0.15, -0.1) is 0 Å². The summed E-state index contributed by atoms with van der Waals surface area (Å²) in [7, 11) is 0. The van der Waals surface area contributed by atoms with E-state index in [0.29, 0.717) is 6.42 Å². The first kappa shape index (κ1) is 9.88. The number of hydrogen-bond acceptors (Lipinski definition) is 3. The van der Waals surface area contributed by atoms with Crippen LogP contribution in [-0.2, 0) is 4.74 Å². The molecule has 0 saturated carbocycles. The van der Waals surface area contributed by atoms with E-state index in [2.05, 4.69) is 0 Å². The standard InChI is InChI=1S/C7H16O3/c1-6(2)10-7(5-9)3-4-8/h6-9H,3-5H2,1-2H3/t7-/m1/s1. The van der Waals surface area contributed by atoms with Crippen LogP contribution in [-0.4, -0.2) is 35.6 Å². The van der Waals surface area contributed by atoms with Crippen LogP contribution < -0.4 is 0 Å². The van der Waals surface area contributed by atoms with Gasteiger partial charge in [0.2, 0.25) is 0 Å². The van der Waals surface area contributed by atoms with Crippen molar-refractivity contribution in [3.05, 3.63) is 0 Å². The Hall–Kier alpha value is -0.120. The second kappa shape index (κ2) is 5.65. The Morgan fingerprint density at radius 1 is 1.30 bits per heavy atom. The zero-order valence-electron chi connectivity index (χ0n) is 6.58. The Bertz CT molecular complexity index is 73.3. The first-order valence-corrected chi connectivity index (χ1v) is 3.58. The van der Waals surface area contributed by atoms with Crippen LogP contribution in [0.3, 0.4) is 0 Å². The largest absolute Gasteiger partial charge is 0.396 e. The predicted octanol–water partition coefficient (Wildman–Crippen LogP) is 0.155. The van der Waals surface area contributed by atoms with Crippen LogP contribution in [0.15, 0.2) is 0 Å². The molecule has 0 aromatic carbocycles. The SMILES string of the molecule is CC(C)O[C@@H](CO)CCO. The molecule has 0 aromatic heterocycles. The van der Waals surface area contributed by atoms with E-state index < -0.39 is 0 Å². The van der Waals surface area contributed by atoms with Gasteiger partial charge in [0, 0.05) is 6.61 Å². The van der Waals surface area contributed by atoms with Gasteiger partial charge in [-0.25, -0.2) is 0 Å². The molecule has 0 aliphatic rings. The molecular weight excluding hydrogens is 132 g/mol. The molecule has 2 N–H and O–H groups in total. The highest BCUT2D eigenvalue weighted by molar-refractivity contribution is 4.55. The zero-order valence-corrected chi connectivity index (χ0v) is 6.58. The Morgan fingerprint density at radius 3 is 2.20 bits per heavy atom. The molecule has 0 radical (unpaired) electrons. The number of aliphatic hydroxyl groups is 2. The van der Waals surface area contributed by atoms with E-state index in [1.54, 1.807) is 0 Å². The van der Waals surface area contributed by atoms with Gasteiger partial charge < -0.3 is 14.9 Å². The summed E-state index contributed by atoms with van der Waals surface area (Å²) in [6, 6.07) is 0. The lowest BCUT2D eigenvalue weighted by Crippen LogP contribution is -2.22. The number of rotatable bonds is 5. The Kier molecular flexibility index (Phi) is 5.58. The van der Waals surface area contributed by atoms with Crippen molar-refractivity contribution in [1.29, 1.82) is 0 Å². The highest BCUT2D eigenvalue weighted by Gasteiger charge is 2.07. The molecule has 0 aliphatic carbocycles. The highest BCUT2D eigenvalue weighted by Crippen LogP contribution is 2.00. The number of hydrogen-bond donors (Lipinski definition) is 2. The molecule has 0 fully saturated rings. The summed E-state index contributed by atoms with van der Waals surface area (Å²) in [6.07, 6.45) is 0.419. The predicted molar refractivity (Wildman–Crippen MR) is 38.8 cm³/mol. The normalized spacial score (nSPS) is 14.1. The average molecular weight is 148 g/mol. The van der Waals surface area contributed by atoms with Crippen LogP contribution in [0.1, 0.15) is 20.3 Å². The minimum atomic E-state index is -0.204. The first-order chi connectivity index (χ1) is 4.70. The molecule has 0 unspecified atom stereocenters. The van der Waals surface area contributed by atoms with Gasteiger partial charge in [0.05, 0.1) is 18.8 Å². The molecule has 1 atom stereocenters. The van der Waals surface area contributed by atoms with Crippen LogP contribution in [0.2, 0.25) is 0 Å². The van der Waals surface area contributed by atoms with Crippen molar-refractivity contribution in [3.63, 3.8) is 0 Å². The van der Waals surface area contributed by atoms with E-state index in [4.69, 9.17) is 14.9 Å². The van der Waals surface area contributed by atoms with Crippen molar-refractivity contribution in [2.45, 2.75) is 32.5 Å². The maximum atomic E-state index is 8.67. The third-order valence-corrected chi connectivity index (χ3v) is 1.12. The van der Waals surface area contributed by atoms with Crippen molar-refractivity contribution in [2.24, 2.45) is 0 Å². The Labute approximate surface area is 61.6 Å². The molecule has 0 bridgehead atoms. The van der Waals surface area contributed by atoms with E-state index in [0.717, 1.165) is 0 Å². The van der Waals surface area contributed by atoms with Crippen LogP contribution in [0.5, 0.6) is 0 Å². The van der Waals surface area contributed by atoms with E-state index in [-0.39, 0.29) is 25.4 Å². The fraction of sp³-hybridized carbons (Fsp3) is 1.00. The summed E-state index contributed by atoms with van der Waals surface area (Å²) in [5.41, 5.74) is 0. The highest BCUT2D eigenvalue weighted by atomic mass is 16.5. The lowest BCUT2D eigenvalue weighted by Gasteiger charge is -2.16. The van der Waals surface area contributed by atoms with Gasteiger partial charge in [-0.2, -0.15) is 0 Å². The van der Waals surface area contributed by atoms with Crippen molar-refractivity contribution in [2.75, 3.05) is 13.2 Å². The van der Waals surface area contributed by atoms with Crippen molar-refractivity contribution in [3.8, 4) is 0 Å². The summed E-state index contributed by atoms with van der Waals surface area (Å²) >= 11 is 0. The van der Waals surface area contributed by atoms with E-state index >= 15 is 0 Å². The summed E-state index contributed by atoms with van der Waals surface area (Å²) in [5, 5.41) is 17.2. The van der Waals surface area contributed by atoms with Crippen molar-refractivity contribution < 1.29 is 14.9 Å². The second-order valence-electron chi connectivity index (χ2n) is 2.50. The zero-order chi connectivity index (χ0) is 7.98. The van der Waals surface area contributed by atoms with Gasteiger partial charge in [-0.05, 0) is 20.3 Å². The van der Waals surface area contributed by atoms with Gasteiger partial charge in [0.25, 0.3) is 0 Å². The van der Waals surface area contributed by atoms with Crippen molar-refractivity contribution >= 4 is 0 Å².